The van der Waals surface area contributed by atoms with E-state index in [1.807, 2.05) is 5.38 Å². The number of ether oxygens (including phenoxy) is 1. The number of nitrogens with two attached hydrogens (primary N) is 1. The van der Waals surface area contributed by atoms with Crippen LogP contribution in [-0.4, -0.2) is 11.6 Å². The molecule has 96 valence electrons. The maximum absolute atomic E-state index is 6.00. The van der Waals surface area contributed by atoms with E-state index in [-0.39, 0.29) is 0 Å². The molecule has 0 unspecified atom stereocenters. The number of halogens is 2. The second-order valence-electron chi connectivity index (χ2n) is 3.61. The second-order valence-corrected chi connectivity index (χ2v) is 5.40. The van der Waals surface area contributed by atoms with Crippen LogP contribution >= 0.6 is 34.5 Å². The van der Waals surface area contributed by atoms with Crippen LogP contribution in [0.5, 0.6) is 5.75 Å². The minimum absolute atomic E-state index is 0.473. The minimum atomic E-state index is 0.473. The number of benzene rings is 1. The van der Waals surface area contributed by atoms with Gasteiger partial charge >= 0.3 is 0 Å². The average Bonchev–Trinajstić information content (AvgIpc) is 2.80. The van der Waals surface area contributed by atoms with Crippen LogP contribution in [0.1, 0.15) is 10.7 Å². The first kappa shape index (κ1) is 13.6. The standard InChI is InChI=1S/C12H12Cl2N2OS/c13-8-1-2-11(10(14)5-8)17-4-3-12-16-9(6-15)7-18-12/h1-2,5,7H,3-4,6,15H2. The Labute approximate surface area is 120 Å². The maximum Gasteiger partial charge on any atom is 0.138 e. The van der Waals surface area contributed by atoms with Crippen molar-refractivity contribution in [2.24, 2.45) is 5.73 Å². The summed E-state index contributed by atoms with van der Waals surface area (Å²) in [5.41, 5.74) is 6.42. The first-order chi connectivity index (χ1) is 8.69. The molecule has 0 atom stereocenters. The third-order valence-electron chi connectivity index (χ3n) is 2.28. The number of thiazole rings is 1. The van der Waals surface area contributed by atoms with Crippen molar-refractivity contribution in [2.75, 3.05) is 6.61 Å². The van der Waals surface area contributed by atoms with Crippen molar-refractivity contribution in [1.82, 2.24) is 4.98 Å². The van der Waals surface area contributed by atoms with Crippen molar-refractivity contribution in [1.29, 1.82) is 0 Å². The molecule has 18 heavy (non-hydrogen) atoms. The van der Waals surface area contributed by atoms with Gasteiger partial charge in [0.25, 0.3) is 0 Å². The van der Waals surface area contributed by atoms with Gasteiger partial charge in [0.2, 0.25) is 0 Å². The van der Waals surface area contributed by atoms with Crippen LogP contribution in [0.25, 0.3) is 0 Å². The Morgan fingerprint density at radius 2 is 2.17 bits per heavy atom. The Kier molecular flexibility index (Phi) is 4.83. The van der Waals surface area contributed by atoms with Crippen LogP contribution in [-0.2, 0) is 13.0 Å². The van der Waals surface area contributed by atoms with E-state index < -0.39 is 0 Å². The molecule has 0 spiro atoms. The number of hydrogen-bond donors (Lipinski definition) is 1. The van der Waals surface area contributed by atoms with Crippen molar-refractivity contribution in [3.05, 3.63) is 44.3 Å². The van der Waals surface area contributed by atoms with E-state index in [4.69, 9.17) is 33.7 Å². The fraction of sp³-hybridized carbons (Fsp3) is 0.250. The smallest absolute Gasteiger partial charge is 0.138 e. The molecule has 2 N–H and O–H groups in total. The van der Waals surface area contributed by atoms with Gasteiger partial charge in [-0.3, -0.25) is 0 Å². The summed E-state index contributed by atoms with van der Waals surface area (Å²) >= 11 is 13.4. The Hall–Kier alpha value is -0.810. The molecule has 0 amide bonds. The molecule has 1 aromatic carbocycles. The summed E-state index contributed by atoms with van der Waals surface area (Å²) < 4.78 is 5.58. The highest BCUT2D eigenvalue weighted by Crippen LogP contribution is 2.27. The molecule has 2 aromatic rings. The van der Waals surface area contributed by atoms with Gasteiger partial charge in [0.15, 0.2) is 0 Å². The molecule has 0 saturated heterocycles. The quantitative estimate of drug-likeness (QED) is 0.919. The van der Waals surface area contributed by atoms with Gasteiger partial charge in [-0.2, -0.15) is 0 Å². The van der Waals surface area contributed by atoms with E-state index in [1.165, 1.54) is 0 Å². The zero-order chi connectivity index (χ0) is 13.0. The van der Waals surface area contributed by atoms with E-state index in [1.54, 1.807) is 29.5 Å². The monoisotopic (exact) mass is 302 g/mol. The van der Waals surface area contributed by atoms with Gasteiger partial charge in [0.05, 0.1) is 22.3 Å². The first-order valence-corrected chi connectivity index (χ1v) is 7.04. The Morgan fingerprint density at radius 3 is 2.83 bits per heavy atom. The zero-order valence-corrected chi connectivity index (χ0v) is 11.9. The van der Waals surface area contributed by atoms with Crippen molar-refractivity contribution in [3.8, 4) is 5.75 Å². The van der Waals surface area contributed by atoms with Crippen LogP contribution in [0.3, 0.4) is 0 Å². The molecule has 0 aliphatic heterocycles. The summed E-state index contributed by atoms with van der Waals surface area (Å²) in [6.07, 6.45) is 0.740. The summed E-state index contributed by atoms with van der Waals surface area (Å²) in [4.78, 5) is 4.36. The van der Waals surface area contributed by atoms with Crippen molar-refractivity contribution in [3.63, 3.8) is 0 Å². The summed E-state index contributed by atoms with van der Waals surface area (Å²) in [6.45, 7) is 0.999. The molecule has 0 bridgehead atoms. The Bertz CT molecular complexity index is 531. The second kappa shape index (κ2) is 6.38. The third-order valence-corrected chi connectivity index (χ3v) is 3.76. The van der Waals surface area contributed by atoms with Gasteiger partial charge in [-0.1, -0.05) is 23.2 Å². The molecule has 0 fully saturated rings. The van der Waals surface area contributed by atoms with E-state index in [2.05, 4.69) is 4.98 Å². The Balaban J connectivity index is 1.88. The van der Waals surface area contributed by atoms with E-state index in [9.17, 15) is 0 Å². The minimum Gasteiger partial charge on any atom is -0.492 e. The van der Waals surface area contributed by atoms with Gasteiger partial charge in [-0.25, -0.2) is 4.98 Å². The molecular weight excluding hydrogens is 291 g/mol. The van der Waals surface area contributed by atoms with Crippen molar-refractivity contribution < 1.29 is 4.74 Å². The average molecular weight is 303 g/mol. The van der Waals surface area contributed by atoms with Crippen LogP contribution in [0.15, 0.2) is 23.6 Å². The van der Waals surface area contributed by atoms with E-state index in [0.717, 1.165) is 17.1 Å². The molecule has 0 aliphatic carbocycles. The molecule has 1 aromatic heterocycles. The van der Waals surface area contributed by atoms with Gasteiger partial charge in [0.1, 0.15) is 5.75 Å². The van der Waals surface area contributed by atoms with Crippen LogP contribution < -0.4 is 10.5 Å². The number of rotatable bonds is 5. The number of hydrogen-bond acceptors (Lipinski definition) is 4. The first-order valence-electron chi connectivity index (χ1n) is 5.40. The molecule has 6 heteroatoms. The van der Waals surface area contributed by atoms with E-state index in [0.29, 0.717) is 28.9 Å². The van der Waals surface area contributed by atoms with E-state index >= 15 is 0 Å². The number of nitrogens with zero attached hydrogens (tertiary/aromatic N) is 1. The summed E-state index contributed by atoms with van der Waals surface area (Å²) in [6, 6.07) is 5.17. The predicted octanol–water partition coefficient (Wildman–Crippen LogP) is 3.53. The molecule has 2 rings (SSSR count). The molecular formula is C12H12Cl2N2OS. The lowest BCUT2D eigenvalue weighted by molar-refractivity contribution is 0.322. The van der Waals surface area contributed by atoms with Crippen molar-refractivity contribution >= 4 is 34.5 Å². The predicted molar refractivity (Wildman–Crippen MR) is 75.7 cm³/mol. The topological polar surface area (TPSA) is 48.1 Å². The van der Waals surface area contributed by atoms with Crippen molar-refractivity contribution in [2.45, 2.75) is 13.0 Å². The summed E-state index contributed by atoms with van der Waals surface area (Å²) in [7, 11) is 0. The molecule has 1 heterocycles. The van der Waals surface area contributed by atoms with Gasteiger partial charge in [-0.15, -0.1) is 11.3 Å². The van der Waals surface area contributed by atoms with Gasteiger partial charge in [0, 0.05) is 23.4 Å². The molecule has 0 radical (unpaired) electrons. The molecule has 0 aliphatic rings. The van der Waals surface area contributed by atoms with Crippen LogP contribution in [0, 0.1) is 0 Å². The normalized spacial score (nSPS) is 10.6. The fourth-order valence-electron chi connectivity index (χ4n) is 1.40. The fourth-order valence-corrected chi connectivity index (χ4v) is 2.65. The lowest BCUT2D eigenvalue weighted by Gasteiger charge is -2.06. The highest BCUT2D eigenvalue weighted by molar-refractivity contribution is 7.09. The Morgan fingerprint density at radius 1 is 1.33 bits per heavy atom. The lowest BCUT2D eigenvalue weighted by atomic mass is 10.3. The lowest BCUT2D eigenvalue weighted by Crippen LogP contribution is -2.02. The molecule has 3 nitrogen and oxygen atoms in total. The largest absolute Gasteiger partial charge is 0.492 e. The van der Waals surface area contributed by atoms with Crippen LogP contribution in [0.2, 0.25) is 10.0 Å². The molecule has 0 saturated carbocycles. The summed E-state index contributed by atoms with van der Waals surface area (Å²) in [5.74, 6) is 0.636. The zero-order valence-electron chi connectivity index (χ0n) is 9.53. The van der Waals surface area contributed by atoms with Crippen LogP contribution in [0.4, 0.5) is 0 Å². The SMILES string of the molecule is NCc1csc(CCOc2ccc(Cl)cc2Cl)n1. The highest BCUT2D eigenvalue weighted by Gasteiger charge is 2.04. The van der Waals surface area contributed by atoms with Gasteiger partial charge in [-0.05, 0) is 18.2 Å². The highest BCUT2D eigenvalue weighted by atomic mass is 35.5. The summed E-state index contributed by atoms with van der Waals surface area (Å²) in [5, 5.41) is 4.09. The third kappa shape index (κ3) is 3.59. The maximum atomic E-state index is 6.00. The van der Waals surface area contributed by atoms with Gasteiger partial charge < -0.3 is 10.5 Å². The number of aromatic nitrogens is 1.